The molecule has 0 spiro atoms. The number of carbonyl (C=O) groups is 4. The second-order valence-electron chi connectivity index (χ2n) is 5.14. The minimum Gasteiger partial charge on any atom is -0.298 e. The van der Waals surface area contributed by atoms with E-state index in [1.165, 1.54) is 6.08 Å². The Balaban J connectivity index is 1.97. The Morgan fingerprint density at radius 3 is 1.96 bits per heavy atom. The Labute approximate surface area is 139 Å². The van der Waals surface area contributed by atoms with E-state index in [9.17, 15) is 19.2 Å². The Morgan fingerprint density at radius 1 is 0.792 bits per heavy atom. The summed E-state index contributed by atoms with van der Waals surface area (Å²) in [4.78, 5) is 46.0. The molecular formula is C20H16O4. The predicted octanol–water partition coefficient (Wildman–Crippen LogP) is 3.71. The monoisotopic (exact) mass is 320 g/mol. The van der Waals surface area contributed by atoms with E-state index < -0.39 is 0 Å². The van der Waals surface area contributed by atoms with Gasteiger partial charge in [0, 0.05) is 28.7 Å². The van der Waals surface area contributed by atoms with Crippen molar-refractivity contribution in [2.75, 3.05) is 0 Å². The number of aldehydes is 2. The fourth-order valence-electron chi connectivity index (χ4n) is 2.31. The van der Waals surface area contributed by atoms with Crippen LogP contribution < -0.4 is 0 Å². The molecule has 0 aliphatic rings. The number of benzene rings is 2. The normalized spacial score (nSPS) is 10.5. The van der Waals surface area contributed by atoms with Gasteiger partial charge in [-0.1, -0.05) is 54.6 Å². The van der Waals surface area contributed by atoms with Crippen molar-refractivity contribution < 1.29 is 19.2 Å². The highest BCUT2D eigenvalue weighted by Crippen LogP contribution is 2.12. The van der Waals surface area contributed by atoms with Crippen molar-refractivity contribution in [3.8, 4) is 0 Å². The summed E-state index contributed by atoms with van der Waals surface area (Å²) in [5.41, 5.74) is 1.42. The van der Waals surface area contributed by atoms with E-state index in [2.05, 4.69) is 0 Å². The fourth-order valence-corrected chi connectivity index (χ4v) is 2.31. The Bertz CT molecular complexity index is 803. The van der Waals surface area contributed by atoms with Gasteiger partial charge in [-0.3, -0.25) is 19.2 Å². The largest absolute Gasteiger partial charge is 0.298 e. The first-order valence-corrected chi connectivity index (χ1v) is 7.50. The van der Waals surface area contributed by atoms with E-state index in [1.807, 2.05) is 0 Å². The zero-order chi connectivity index (χ0) is 17.4. The molecule has 0 aliphatic heterocycles. The van der Waals surface area contributed by atoms with Gasteiger partial charge in [0.25, 0.3) is 0 Å². The number of Topliss-reactive ketones (excluding diaryl/α,β-unsaturated/α-hetero) is 1. The van der Waals surface area contributed by atoms with E-state index in [-0.39, 0.29) is 18.0 Å². The van der Waals surface area contributed by atoms with Crippen molar-refractivity contribution in [3.63, 3.8) is 0 Å². The van der Waals surface area contributed by atoms with Gasteiger partial charge in [0.1, 0.15) is 0 Å². The minimum absolute atomic E-state index is 0.150. The lowest BCUT2D eigenvalue weighted by Gasteiger charge is -2.02. The van der Waals surface area contributed by atoms with Crippen LogP contribution >= 0.6 is 0 Å². The van der Waals surface area contributed by atoms with Crippen LogP contribution in [-0.2, 0) is 0 Å². The van der Waals surface area contributed by atoms with Crippen molar-refractivity contribution in [1.82, 2.24) is 0 Å². The first-order valence-electron chi connectivity index (χ1n) is 7.50. The molecule has 4 heteroatoms. The van der Waals surface area contributed by atoms with Crippen molar-refractivity contribution in [2.24, 2.45) is 0 Å². The van der Waals surface area contributed by atoms with Crippen molar-refractivity contribution in [3.05, 3.63) is 82.9 Å². The number of hydrogen-bond acceptors (Lipinski definition) is 4. The lowest BCUT2D eigenvalue weighted by Crippen LogP contribution is -2.03. The number of hydrogen-bond donors (Lipinski definition) is 0. The van der Waals surface area contributed by atoms with Gasteiger partial charge in [0.05, 0.1) is 0 Å². The molecule has 2 aromatic rings. The van der Waals surface area contributed by atoms with Crippen molar-refractivity contribution in [1.29, 1.82) is 0 Å². The fraction of sp³-hybridized carbons (Fsp3) is 0.100. The standard InChI is InChI=1S/C20H16O4/c21-13-15-7-1-3-9-17(15)19(23)11-5-6-12-20(24)18-10-4-2-8-16(18)14-22/h1-5,7-11,13-14H,6,12H2/b11-5+. The van der Waals surface area contributed by atoms with E-state index in [0.29, 0.717) is 41.2 Å². The third-order valence-corrected chi connectivity index (χ3v) is 3.55. The van der Waals surface area contributed by atoms with Gasteiger partial charge in [0.15, 0.2) is 24.1 Å². The average molecular weight is 320 g/mol. The van der Waals surface area contributed by atoms with Crippen molar-refractivity contribution in [2.45, 2.75) is 12.8 Å². The summed E-state index contributed by atoms with van der Waals surface area (Å²) in [6.07, 6.45) is 4.83. The Hall–Kier alpha value is -3.14. The number of rotatable bonds is 8. The highest BCUT2D eigenvalue weighted by molar-refractivity contribution is 6.09. The van der Waals surface area contributed by atoms with E-state index in [0.717, 1.165) is 0 Å². The van der Waals surface area contributed by atoms with Crippen LogP contribution in [-0.4, -0.2) is 24.1 Å². The molecule has 0 aliphatic carbocycles. The molecule has 0 heterocycles. The predicted molar refractivity (Wildman–Crippen MR) is 90.7 cm³/mol. The van der Waals surface area contributed by atoms with Crippen molar-refractivity contribution >= 4 is 24.1 Å². The van der Waals surface area contributed by atoms with Gasteiger partial charge >= 0.3 is 0 Å². The molecule has 0 N–H and O–H groups in total. The molecule has 2 aromatic carbocycles. The first-order chi connectivity index (χ1) is 11.7. The molecule has 0 bridgehead atoms. The maximum atomic E-state index is 12.1. The summed E-state index contributed by atoms with van der Waals surface area (Å²) < 4.78 is 0. The topological polar surface area (TPSA) is 68.3 Å². The SMILES string of the molecule is O=Cc1ccccc1C(=O)/C=C/CCC(=O)c1ccccc1C=O. The molecule has 0 unspecified atom stereocenters. The molecule has 120 valence electrons. The number of allylic oxidation sites excluding steroid dienone is 2. The van der Waals surface area contributed by atoms with Crippen LogP contribution in [0.5, 0.6) is 0 Å². The molecule has 0 fully saturated rings. The summed E-state index contributed by atoms with van der Waals surface area (Å²) in [6, 6.07) is 13.1. The summed E-state index contributed by atoms with van der Waals surface area (Å²) >= 11 is 0. The number of ketones is 2. The summed E-state index contributed by atoms with van der Waals surface area (Å²) in [6.45, 7) is 0. The lowest BCUT2D eigenvalue weighted by atomic mass is 10.0. The summed E-state index contributed by atoms with van der Waals surface area (Å²) in [5, 5.41) is 0. The molecule has 24 heavy (non-hydrogen) atoms. The van der Waals surface area contributed by atoms with Crippen LogP contribution in [0.2, 0.25) is 0 Å². The number of carbonyl (C=O) groups excluding carboxylic acids is 4. The minimum atomic E-state index is -0.279. The molecule has 0 radical (unpaired) electrons. The van der Waals surface area contributed by atoms with Gasteiger partial charge in [-0.05, 0) is 12.5 Å². The molecule has 0 saturated heterocycles. The van der Waals surface area contributed by atoms with Crippen LogP contribution in [0.1, 0.15) is 54.3 Å². The van der Waals surface area contributed by atoms with Crippen LogP contribution in [0, 0.1) is 0 Å². The Kier molecular flexibility index (Phi) is 6.08. The zero-order valence-electron chi connectivity index (χ0n) is 13.0. The van der Waals surface area contributed by atoms with Crippen LogP contribution in [0.4, 0.5) is 0 Å². The van der Waals surface area contributed by atoms with Crippen LogP contribution in [0.3, 0.4) is 0 Å². The molecule has 0 atom stereocenters. The average Bonchev–Trinajstić information content (AvgIpc) is 2.64. The van der Waals surface area contributed by atoms with E-state index in [4.69, 9.17) is 0 Å². The zero-order valence-corrected chi connectivity index (χ0v) is 13.0. The van der Waals surface area contributed by atoms with E-state index >= 15 is 0 Å². The quantitative estimate of drug-likeness (QED) is 0.422. The van der Waals surface area contributed by atoms with Crippen LogP contribution in [0.15, 0.2) is 60.7 Å². The maximum Gasteiger partial charge on any atom is 0.186 e. The second-order valence-corrected chi connectivity index (χ2v) is 5.14. The summed E-state index contributed by atoms with van der Waals surface area (Å²) in [5.74, 6) is -0.429. The lowest BCUT2D eigenvalue weighted by molar-refractivity contribution is 0.0975. The molecule has 0 aromatic heterocycles. The molecule has 0 saturated carbocycles. The Morgan fingerprint density at radius 2 is 1.33 bits per heavy atom. The molecule has 0 amide bonds. The van der Waals surface area contributed by atoms with Gasteiger partial charge in [-0.15, -0.1) is 0 Å². The smallest absolute Gasteiger partial charge is 0.186 e. The highest BCUT2D eigenvalue weighted by atomic mass is 16.1. The molecule has 2 rings (SSSR count). The third kappa shape index (κ3) is 4.20. The summed E-state index contributed by atoms with van der Waals surface area (Å²) in [7, 11) is 0. The third-order valence-electron chi connectivity index (χ3n) is 3.55. The van der Waals surface area contributed by atoms with Gasteiger partial charge < -0.3 is 0 Å². The first kappa shape index (κ1) is 17.2. The maximum absolute atomic E-state index is 12.1. The van der Waals surface area contributed by atoms with Gasteiger partial charge in [-0.2, -0.15) is 0 Å². The van der Waals surface area contributed by atoms with Crippen LogP contribution in [0.25, 0.3) is 0 Å². The molecular weight excluding hydrogens is 304 g/mol. The van der Waals surface area contributed by atoms with Gasteiger partial charge in [0.2, 0.25) is 0 Å². The second kappa shape index (κ2) is 8.48. The van der Waals surface area contributed by atoms with E-state index in [1.54, 1.807) is 54.6 Å². The molecule has 4 nitrogen and oxygen atoms in total. The van der Waals surface area contributed by atoms with Gasteiger partial charge in [-0.25, -0.2) is 0 Å². The highest BCUT2D eigenvalue weighted by Gasteiger charge is 2.10.